The summed E-state index contributed by atoms with van der Waals surface area (Å²) >= 11 is 0. The van der Waals surface area contributed by atoms with Crippen LogP contribution in [0.2, 0.25) is 0 Å². The van der Waals surface area contributed by atoms with E-state index in [4.69, 9.17) is 9.73 Å². The number of aromatic amines is 1. The van der Waals surface area contributed by atoms with Gasteiger partial charge < -0.3 is 15.0 Å². The van der Waals surface area contributed by atoms with Crippen LogP contribution in [0.15, 0.2) is 53.8 Å². The smallest absolute Gasteiger partial charge is 0.194 e. The molecule has 1 aromatic heterocycles. The number of ether oxygens (including phenoxy) is 1. The van der Waals surface area contributed by atoms with E-state index in [9.17, 15) is 0 Å². The molecule has 7 nitrogen and oxygen atoms in total. The Morgan fingerprint density at radius 3 is 2.88 bits per heavy atom. The minimum absolute atomic E-state index is 0. The molecule has 4 rings (SSSR count). The highest BCUT2D eigenvalue weighted by Gasteiger charge is 2.25. The molecule has 170 valence electrons. The van der Waals surface area contributed by atoms with Crippen LogP contribution in [0.1, 0.15) is 35.3 Å². The second-order valence-electron chi connectivity index (χ2n) is 7.87. The summed E-state index contributed by atoms with van der Waals surface area (Å²) in [5.74, 6) is 1.69. The van der Waals surface area contributed by atoms with Crippen molar-refractivity contribution >= 4 is 29.9 Å². The van der Waals surface area contributed by atoms with Crippen molar-refractivity contribution in [3.63, 3.8) is 0 Å². The third kappa shape index (κ3) is 5.86. The van der Waals surface area contributed by atoms with Crippen LogP contribution in [0.4, 0.5) is 0 Å². The summed E-state index contributed by atoms with van der Waals surface area (Å²) in [6.45, 7) is 10.1. The molecule has 3 aromatic rings. The van der Waals surface area contributed by atoms with Crippen LogP contribution in [0.3, 0.4) is 0 Å². The van der Waals surface area contributed by atoms with Crippen LogP contribution in [0.5, 0.6) is 0 Å². The molecule has 0 amide bonds. The maximum absolute atomic E-state index is 6.12. The summed E-state index contributed by atoms with van der Waals surface area (Å²) in [5.41, 5.74) is 5.94. The van der Waals surface area contributed by atoms with Gasteiger partial charge in [-0.1, -0.05) is 42.0 Å². The minimum atomic E-state index is 0. The van der Waals surface area contributed by atoms with Crippen molar-refractivity contribution in [1.29, 1.82) is 0 Å². The average molecular weight is 546 g/mol. The molecule has 0 radical (unpaired) electrons. The number of benzene rings is 2. The highest BCUT2D eigenvalue weighted by atomic mass is 127. The molecule has 0 saturated carbocycles. The highest BCUT2D eigenvalue weighted by Crippen LogP contribution is 2.26. The molecule has 1 fully saturated rings. The topological polar surface area (TPSA) is 78.4 Å². The number of nitrogens with one attached hydrogen (secondary N) is 2. The number of aliphatic imine (C=N–C) groups is 1. The first-order valence-corrected chi connectivity index (χ1v) is 10.8. The number of H-pyrrole nitrogens is 1. The van der Waals surface area contributed by atoms with E-state index in [0.29, 0.717) is 13.2 Å². The Kier molecular flexibility index (Phi) is 8.63. The lowest BCUT2D eigenvalue weighted by Gasteiger charge is -2.36. The molecule has 1 aliphatic rings. The van der Waals surface area contributed by atoms with Crippen LogP contribution in [-0.2, 0) is 11.3 Å². The van der Waals surface area contributed by atoms with Crippen molar-refractivity contribution in [3.8, 4) is 11.4 Å². The molecule has 1 aliphatic heterocycles. The zero-order valence-corrected chi connectivity index (χ0v) is 21.2. The Hall–Kier alpha value is -2.46. The Labute approximate surface area is 206 Å². The molecule has 1 unspecified atom stereocenters. The van der Waals surface area contributed by atoms with Gasteiger partial charge in [0.05, 0.1) is 19.7 Å². The number of hydrogen-bond acceptors (Lipinski definition) is 4. The van der Waals surface area contributed by atoms with Crippen LogP contribution in [0.25, 0.3) is 11.4 Å². The molecule has 0 spiro atoms. The van der Waals surface area contributed by atoms with Gasteiger partial charge >= 0.3 is 0 Å². The largest absolute Gasteiger partial charge is 0.370 e. The number of rotatable bonds is 5. The van der Waals surface area contributed by atoms with Gasteiger partial charge in [-0.25, -0.2) is 9.98 Å². The standard InChI is InChI=1S/C24H30N6O.HI/c1-4-25-24(26-14-19-6-5-7-20(13-19)23-27-16-28-29-23)30-10-11-31-22(15-30)21-9-8-17(2)12-18(21)3;/h5-9,12-13,16,22H,4,10-11,14-15H2,1-3H3,(H,25,26)(H,27,28,29);1H. The van der Waals surface area contributed by atoms with E-state index in [2.05, 4.69) is 76.5 Å². The summed E-state index contributed by atoms with van der Waals surface area (Å²) in [5, 5.41) is 10.3. The SMILES string of the molecule is CCNC(=NCc1cccc(-c2ncn[nH]2)c1)N1CCOC(c2ccc(C)cc2C)C1.I. The van der Waals surface area contributed by atoms with Crippen LogP contribution in [0, 0.1) is 13.8 Å². The zero-order chi connectivity index (χ0) is 21.6. The molecular formula is C24H31IN6O. The summed E-state index contributed by atoms with van der Waals surface area (Å²) in [4.78, 5) is 11.5. The van der Waals surface area contributed by atoms with E-state index in [1.54, 1.807) is 0 Å². The van der Waals surface area contributed by atoms with Crippen molar-refractivity contribution < 1.29 is 4.74 Å². The van der Waals surface area contributed by atoms with Gasteiger partial charge in [0.2, 0.25) is 0 Å². The lowest BCUT2D eigenvalue weighted by molar-refractivity contribution is -0.00834. The summed E-state index contributed by atoms with van der Waals surface area (Å²) in [7, 11) is 0. The maximum Gasteiger partial charge on any atom is 0.194 e. The van der Waals surface area contributed by atoms with E-state index in [1.807, 2.05) is 12.1 Å². The Morgan fingerprint density at radius 1 is 1.25 bits per heavy atom. The van der Waals surface area contributed by atoms with Crippen molar-refractivity contribution in [2.75, 3.05) is 26.2 Å². The second kappa shape index (κ2) is 11.4. The van der Waals surface area contributed by atoms with Gasteiger partial charge in [-0.2, -0.15) is 5.10 Å². The predicted molar refractivity (Wildman–Crippen MR) is 138 cm³/mol. The fourth-order valence-electron chi connectivity index (χ4n) is 3.97. The molecule has 1 atom stereocenters. The lowest BCUT2D eigenvalue weighted by Crippen LogP contribution is -2.48. The first-order valence-electron chi connectivity index (χ1n) is 10.8. The van der Waals surface area contributed by atoms with Crippen molar-refractivity contribution in [2.45, 2.75) is 33.4 Å². The Bertz CT molecular complexity index is 1040. The Balaban J connectivity index is 0.00000289. The molecule has 2 N–H and O–H groups in total. The van der Waals surface area contributed by atoms with Gasteiger partial charge in [0.15, 0.2) is 11.8 Å². The van der Waals surface area contributed by atoms with E-state index in [-0.39, 0.29) is 30.1 Å². The number of nitrogens with zero attached hydrogens (tertiary/aromatic N) is 4. The molecule has 0 aliphatic carbocycles. The monoisotopic (exact) mass is 546 g/mol. The van der Waals surface area contributed by atoms with Gasteiger partial charge in [-0.3, -0.25) is 5.10 Å². The van der Waals surface area contributed by atoms with E-state index >= 15 is 0 Å². The van der Waals surface area contributed by atoms with Gasteiger partial charge in [0.1, 0.15) is 12.4 Å². The van der Waals surface area contributed by atoms with Gasteiger partial charge in [0, 0.05) is 18.7 Å². The lowest BCUT2D eigenvalue weighted by atomic mass is 10.00. The number of guanidine groups is 1. The molecule has 2 heterocycles. The number of halogens is 1. The van der Waals surface area contributed by atoms with Crippen molar-refractivity contribution in [2.24, 2.45) is 4.99 Å². The first kappa shape index (κ1) is 24.2. The summed E-state index contributed by atoms with van der Waals surface area (Å²) in [6.07, 6.45) is 1.57. The summed E-state index contributed by atoms with van der Waals surface area (Å²) < 4.78 is 6.12. The van der Waals surface area contributed by atoms with Crippen LogP contribution >= 0.6 is 24.0 Å². The number of morpholine rings is 1. The third-order valence-electron chi connectivity index (χ3n) is 5.50. The molecular weight excluding hydrogens is 515 g/mol. The highest BCUT2D eigenvalue weighted by molar-refractivity contribution is 14.0. The third-order valence-corrected chi connectivity index (χ3v) is 5.50. The fraction of sp³-hybridized carbons (Fsp3) is 0.375. The van der Waals surface area contributed by atoms with E-state index < -0.39 is 0 Å². The number of aromatic nitrogens is 3. The van der Waals surface area contributed by atoms with Gasteiger partial charge in [0.25, 0.3) is 0 Å². The maximum atomic E-state index is 6.12. The summed E-state index contributed by atoms with van der Waals surface area (Å²) in [6, 6.07) is 14.8. The predicted octanol–water partition coefficient (Wildman–Crippen LogP) is 4.25. The number of aryl methyl sites for hydroxylation is 2. The molecule has 8 heteroatoms. The molecule has 0 bridgehead atoms. The van der Waals surface area contributed by atoms with Crippen LogP contribution < -0.4 is 5.32 Å². The Morgan fingerprint density at radius 2 is 2.12 bits per heavy atom. The number of hydrogen-bond donors (Lipinski definition) is 2. The molecule has 32 heavy (non-hydrogen) atoms. The van der Waals surface area contributed by atoms with E-state index in [1.165, 1.54) is 23.0 Å². The van der Waals surface area contributed by atoms with Crippen LogP contribution in [-0.4, -0.2) is 52.3 Å². The zero-order valence-electron chi connectivity index (χ0n) is 18.8. The normalized spacial score (nSPS) is 16.5. The van der Waals surface area contributed by atoms with Gasteiger partial charge in [-0.05, 0) is 43.5 Å². The molecule has 2 aromatic carbocycles. The fourth-order valence-corrected chi connectivity index (χ4v) is 3.97. The quantitative estimate of drug-likeness (QED) is 0.285. The second-order valence-corrected chi connectivity index (χ2v) is 7.87. The average Bonchev–Trinajstić information content (AvgIpc) is 3.32. The first-order chi connectivity index (χ1) is 15.1. The van der Waals surface area contributed by atoms with Crippen molar-refractivity contribution in [3.05, 3.63) is 71.0 Å². The minimum Gasteiger partial charge on any atom is -0.370 e. The van der Waals surface area contributed by atoms with Crippen molar-refractivity contribution in [1.82, 2.24) is 25.4 Å². The molecule has 1 saturated heterocycles. The van der Waals surface area contributed by atoms with Gasteiger partial charge in [-0.15, -0.1) is 24.0 Å². The van der Waals surface area contributed by atoms with E-state index in [0.717, 1.165) is 42.5 Å².